The van der Waals surface area contributed by atoms with Crippen LogP contribution in [0.3, 0.4) is 0 Å². The highest BCUT2D eigenvalue weighted by molar-refractivity contribution is 6.16. The summed E-state index contributed by atoms with van der Waals surface area (Å²) in [5, 5.41) is 4.90. The Kier molecular flexibility index (Phi) is 10.1. The van der Waals surface area contributed by atoms with Gasteiger partial charge in [0.15, 0.2) is 0 Å². The molecule has 0 saturated carbocycles. The molecule has 0 amide bonds. The van der Waals surface area contributed by atoms with Crippen LogP contribution in [-0.2, 0) is 16.2 Å². The van der Waals surface area contributed by atoms with Crippen LogP contribution in [0.2, 0.25) is 0 Å². The zero-order chi connectivity index (χ0) is 47.9. The first-order valence-electron chi connectivity index (χ1n) is 24.8. The summed E-state index contributed by atoms with van der Waals surface area (Å²) < 4.78 is 2.47. The van der Waals surface area contributed by atoms with Gasteiger partial charge in [-0.1, -0.05) is 224 Å². The maximum Gasteiger partial charge on any atom is 0.0782 e. The summed E-state index contributed by atoms with van der Waals surface area (Å²) in [6.45, 7) is 16.4. The topological polar surface area (TPSA) is 8.17 Å². The molecule has 0 saturated heterocycles. The van der Waals surface area contributed by atoms with Gasteiger partial charge >= 0.3 is 0 Å². The monoisotopic (exact) mass is 902 g/mol. The van der Waals surface area contributed by atoms with Crippen LogP contribution < -0.4 is 4.90 Å². The lowest BCUT2D eigenvalue weighted by atomic mass is 9.74. The van der Waals surface area contributed by atoms with E-state index >= 15 is 0 Å². The summed E-state index contributed by atoms with van der Waals surface area (Å²) >= 11 is 0. The third kappa shape index (κ3) is 6.91. The molecule has 1 unspecified atom stereocenters. The molecule has 1 heterocycles. The van der Waals surface area contributed by atoms with Crippen LogP contribution in [-0.4, -0.2) is 4.57 Å². The average molecular weight is 903 g/mol. The first-order valence-corrected chi connectivity index (χ1v) is 24.8. The van der Waals surface area contributed by atoms with Crippen LogP contribution >= 0.6 is 0 Å². The molecule has 0 spiro atoms. The van der Waals surface area contributed by atoms with Gasteiger partial charge in [-0.05, 0) is 127 Å². The zero-order valence-corrected chi connectivity index (χ0v) is 41.3. The molecule has 12 rings (SSSR count). The molecule has 1 aromatic heterocycles. The molecule has 1 aliphatic rings. The van der Waals surface area contributed by atoms with Crippen LogP contribution in [0, 0.1) is 0 Å². The number of anilines is 3. The van der Waals surface area contributed by atoms with Gasteiger partial charge in [0.2, 0.25) is 0 Å². The Morgan fingerprint density at radius 2 is 0.971 bits per heavy atom. The molecule has 340 valence electrons. The maximum atomic E-state index is 2.56. The van der Waals surface area contributed by atoms with Crippen molar-refractivity contribution in [3.05, 3.63) is 252 Å². The first-order chi connectivity index (χ1) is 33.9. The van der Waals surface area contributed by atoms with Crippen molar-refractivity contribution in [1.82, 2.24) is 4.57 Å². The molecule has 1 aliphatic carbocycles. The number of rotatable bonds is 7. The number of nitrogens with zero attached hydrogens (tertiary/aromatic N) is 2. The Balaban J connectivity index is 1.17. The fourth-order valence-electron chi connectivity index (χ4n) is 11.5. The number of benzene rings is 10. The van der Waals surface area contributed by atoms with E-state index in [1.807, 2.05) is 0 Å². The predicted molar refractivity (Wildman–Crippen MR) is 299 cm³/mol. The lowest BCUT2D eigenvalue weighted by molar-refractivity contribution is 0.569. The second kappa shape index (κ2) is 16.4. The number of hydrogen-bond donors (Lipinski definition) is 0. The second-order valence-corrected chi connectivity index (χ2v) is 21.5. The number of aromatic nitrogens is 1. The Labute approximate surface area is 413 Å². The first kappa shape index (κ1) is 43.3. The van der Waals surface area contributed by atoms with Crippen molar-refractivity contribution in [2.75, 3.05) is 4.90 Å². The quantitative estimate of drug-likeness (QED) is 0.155. The summed E-state index contributed by atoms with van der Waals surface area (Å²) in [6.07, 6.45) is 0. The van der Waals surface area contributed by atoms with E-state index in [2.05, 4.69) is 282 Å². The van der Waals surface area contributed by atoms with Gasteiger partial charge in [0, 0.05) is 33.1 Å². The van der Waals surface area contributed by atoms with Gasteiger partial charge in [0.05, 0.1) is 22.4 Å². The van der Waals surface area contributed by atoms with Crippen molar-refractivity contribution in [3.63, 3.8) is 0 Å². The van der Waals surface area contributed by atoms with Crippen molar-refractivity contribution >= 4 is 49.6 Å². The fourth-order valence-corrected chi connectivity index (χ4v) is 11.5. The molecule has 0 N–H and O–H groups in total. The highest BCUT2D eigenvalue weighted by Crippen LogP contribution is 2.55. The molecule has 0 fully saturated rings. The van der Waals surface area contributed by atoms with E-state index in [0.717, 1.165) is 33.8 Å². The second-order valence-electron chi connectivity index (χ2n) is 21.5. The van der Waals surface area contributed by atoms with E-state index in [1.165, 1.54) is 82.7 Å². The van der Waals surface area contributed by atoms with Crippen molar-refractivity contribution < 1.29 is 0 Å². The van der Waals surface area contributed by atoms with Gasteiger partial charge < -0.3 is 9.47 Å². The molecule has 11 aromatic rings. The van der Waals surface area contributed by atoms with E-state index in [4.69, 9.17) is 0 Å². The Bertz CT molecular complexity index is 3770. The van der Waals surface area contributed by atoms with E-state index < -0.39 is 0 Å². The van der Waals surface area contributed by atoms with Gasteiger partial charge in [0.1, 0.15) is 0 Å². The largest absolute Gasteiger partial charge is 0.308 e. The summed E-state index contributed by atoms with van der Waals surface area (Å²) in [6, 6.07) is 84.0. The Morgan fingerprint density at radius 3 is 1.70 bits per heavy atom. The Hall–Kier alpha value is -7.94. The van der Waals surface area contributed by atoms with E-state index in [9.17, 15) is 0 Å². The standard InChI is InChI=1S/C68H58N2/c1-66(2,3)48-41-46(42-49(43-48)67(4,5)6)52-32-20-23-45-24-21-33-57(64(45)52)55-30-15-18-36-61(55)69(63-38-22-34-58-56-31-16-19-37-62(56)70(65(58)63)50-27-12-9-13-28-50)51-39-40-54-53-29-14-17-35-59(53)68(7,60(54)44-51)47-25-10-8-11-26-47/h8-44H,1-7H3. The molecular formula is C68H58N2. The number of para-hydroxylation sites is 4. The Morgan fingerprint density at radius 1 is 0.414 bits per heavy atom. The SMILES string of the molecule is CC(C)(C)c1cc(-c2cccc3cccc(-c4ccccc4N(c4ccc5c(c4)C(C)(c4ccccc4)c4ccccc4-5)c4cccc5c6ccccc6n(-c6ccccc6)c45)c23)cc(C(C)(C)C)c1. The fraction of sp³-hybridized carbons (Fsp3) is 0.147. The predicted octanol–water partition coefficient (Wildman–Crippen LogP) is 18.7. The van der Waals surface area contributed by atoms with Crippen molar-refractivity contribution in [2.24, 2.45) is 0 Å². The van der Waals surface area contributed by atoms with Gasteiger partial charge in [-0.15, -0.1) is 0 Å². The van der Waals surface area contributed by atoms with Crippen LogP contribution in [0.4, 0.5) is 17.1 Å². The van der Waals surface area contributed by atoms with Gasteiger partial charge in [-0.3, -0.25) is 0 Å². The van der Waals surface area contributed by atoms with Crippen LogP contribution in [0.5, 0.6) is 0 Å². The lowest BCUT2D eigenvalue weighted by Crippen LogP contribution is -2.23. The summed E-state index contributed by atoms with van der Waals surface area (Å²) in [4.78, 5) is 2.56. The normalized spacial score (nSPS) is 14.6. The molecule has 2 heteroatoms. The lowest BCUT2D eigenvalue weighted by Gasteiger charge is -2.32. The summed E-state index contributed by atoms with van der Waals surface area (Å²) in [7, 11) is 0. The molecule has 10 aromatic carbocycles. The molecule has 1 atom stereocenters. The molecule has 70 heavy (non-hydrogen) atoms. The van der Waals surface area contributed by atoms with Gasteiger partial charge in [-0.2, -0.15) is 0 Å². The minimum Gasteiger partial charge on any atom is -0.308 e. The van der Waals surface area contributed by atoms with Crippen LogP contribution in [0.25, 0.3) is 71.6 Å². The molecule has 0 radical (unpaired) electrons. The van der Waals surface area contributed by atoms with Gasteiger partial charge in [0.25, 0.3) is 0 Å². The summed E-state index contributed by atoms with van der Waals surface area (Å²) in [5.74, 6) is 0. The highest BCUT2D eigenvalue weighted by atomic mass is 15.2. The molecule has 2 nitrogen and oxygen atoms in total. The van der Waals surface area contributed by atoms with E-state index in [-0.39, 0.29) is 16.2 Å². The van der Waals surface area contributed by atoms with Crippen molar-refractivity contribution in [3.8, 4) is 39.1 Å². The number of fused-ring (bicyclic) bond motifs is 7. The van der Waals surface area contributed by atoms with Crippen molar-refractivity contribution in [1.29, 1.82) is 0 Å². The molecule has 0 bridgehead atoms. The minimum atomic E-state index is -0.378. The molecular weight excluding hydrogens is 845 g/mol. The van der Waals surface area contributed by atoms with E-state index in [0.29, 0.717) is 0 Å². The third-order valence-corrected chi connectivity index (χ3v) is 15.2. The van der Waals surface area contributed by atoms with Crippen LogP contribution in [0.1, 0.15) is 76.3 Å². The van der Waals surface area contributed by atoms with E-state index in [1.54, 1.807) is 0 Å². The van der Waals surface area contributed by atoms with Crippen LogP contribution in [0.15, 0.2) is 224 Å². The van der Waals surface area contributed by atoms with Gasteiger partial charge in [-0.25, -0.2) is 0 Å². The van der Waals surface area contributed by atoms with Crippen molar-refractivity contribution in [2.45, 2.75) is 64.7 Å². The minimum absolute atomic E-state index is 0.0203. The average Bonchev–Trinajstić information content (AvgIpc) is 3.86. The zero-order valence-electron chi connectivity index (χ0n) is 41.3. The molecule has 0 aliphatic heterocycles. The third-order valence-electron chi connectivity index (χ3n) is 15.2. The highest BCUT2D eigenvalue weighted by Gasteiger charge is 2.41. The number of hydrogen-bond acceptors (Lipinski definition) is 1. The maximum absolute atomic E-state index is 2.56. The summed E-state index contributed by atoms with van der Waals surface area (Å²) in [5.41, 5.74) is 20.4. The smallest absolute Gasteiger partial charge is 0.0782 e.